The van der Waals surface area contributed by atoms with Crippen molar-refractivity contribution in [2.45, 2.75) is 6.42 Å². The standard InChI is InChI=1S/C18H16ClFN2O/c19-14-5-3-13(4-6-14)17(23)16(18-21-9-10-22-18)11-12-1-7-15(20)8-2-12/h1-8,21-22H,9-11H2. The lowest BCUT2D eigenvalue weighted by Crippen LogP contribution is -2.20. The SMILES string of the molecule is O=C(C(Cc1ccc(F)cc1)=C1NCCN1)c1ccc(Cl)cc1. The Morgan fingerprint density at radius 3 is 2.22 bits per heavy atom. The number of benzene rings is 2. The molecule has 0 saturated carbocycles. The van der Waals surface area contributed by atoms with E-state index in [4.69, 9.17) is 11.6 Å². The van der Waals surface area contributed by atoms with E-state index in [9.17, 15) is 9.18 Å². The van der Waals surface area contributed by atoms with E-state index in [2.05, 4.69) is 10.6 Å². The molecular weight excluding hydrogens is 315 g/mol. The van der Waals surface area contributed by atoms with E-state index < -0.39 is 0 Å². The van der Waals surface area contributed by atoms with Gasteiger partial charge in [-0.05, 0) is 42.0 Å². The lowest BCUT2D eigenvalue weighted by Gasteiger charge is -2.12. The fourth-order valence-electron chi connectivity index (χ4n) is 2.51. The molecule has 0 atom stereocenters. The summed E-state index contributed by atoms with van der Waals surface area (Å²) in [5, 5.41) is 6.99. The van der Waals surface area contributed by atoms with Crippen molar-refractivity contribution in [1.82, 2.24) is 10.6 Å². The molecule has 0 unspecified atom stereocenters. The number of rotatable bonds is 4. The van der Waals surface area contributed by atoms with E-state index in [0.29, 0.717) is 22.6 Å². The summed E-state index contributed by atoms with van der Waals surface area (Å²) in [6.07, 6.45) is 0.428. The van der Waals surface area contributed by atoms with Crippen molar-refractivity contribution in [2.24, 2.45) is 0 Å². The Morgan fingerprint density at radius 2 is 1.61 bits per heavy atom. The predicted molar refractivity (Wildman–Crippen MR) is 88.9 cm³/mol. The highest BCUT2D eigenvalue weighted by Gasteiger charge is 2.20. The van der Waals surface area contributed by atoms with Gasteiger partial charge in [0, 0.05) is 35.7 Å². The molecule has 0 amide bonds. The van der Waals surface area contributed by atoms with Crippen molar-refractivity contribution < 1.29 is 9.18 Å². The lowest BCUT2D eigenvalue weighted by molar-refractivity contribution is 0.103. The van der Waals surface area contributed by atoms with Gasteiger partial charge >= 0.3 is 0 Å². The van der Waals surface area contributed by atoms with Crippen molar-refractivity contribution >= 4 is 17.4 Å². The largest absolute Gasteiger partial charge is 0.370 e. The van der Waals surface area contributed by atoms with Gasteiger partial charge in [0.1, 0.15) is 11.6 Å². The second-order valence-electron chi connectivity index (χ2n) is 5.35. The molecule has 1 saturated heterocycles. The van der Waals surface area contributed by atoms with Gasteiger partial charge in [-0.1, -0.05) is 23.7 Å². The Labute approximate surface area is 139 Å². The molecule has 0 aliphatic carbocycles. The Morgan fingerprint density at radius 1 is 1.00 bits per heavy atom. The third-order valence-electron chi connectivity index (χ3n) is 3.70. The molecule has 0 spiro atoms. The quantitative estimate of drug-likeness (QED) is 0.667. The first kappa shape index (κ1) is 15.6. The smallest absolute Gasteiger partial charge is 0.192 e. The normalized spacial score (nSPS) is 13.4. The zero-order valence-electron chi connectivity index (χ0n) is 12.4. The van der Waals surface area contributed by atoms with Gasteiger partial charge in [0.15, 0.2) is 5.78 Å². The van der Waals surface area contributed by atoms with Gasteiger partial charge in [-0.25, -0.2) is 4.39 Å². The lowest BCUT2D eigenvalue weighted by atomic mass is 9.97. The summed E-state index contributed by atoms with van der Waals surface area (Å²) in [6.45, 7) is 1.55. The number of halogens is 2. The van der Waals surface area contributed by atoms with Crippen LogP contribution in [0.1, 0.15) is 15.9 Å². The van der Waals surface area contributed by atoms with Gasteiger partial charge in [-0.3, -0.25) is 4.79 Å². The van der Waals surface area contributed by atoms with Gasteiger partial charge in [0.2, 0.25) is 0 Å². The second kappa shape index (κ2) is 6.84. The van der Waals surface area contributed by atoms with E-state index in [1.54, 1.807) is 36.4 Å². The Hall–Kier alpha value is -2.33. The molecule has 3 nitrogen and oxygen atoms in total. The number of Topliss-reactive ketones (excluding diaryl/α,β-unsaturated/α-hetero) is 1. The molecule has 1 aliphatic rings. The average Bonchev–Trinajstić information content (AvgIpc) is 3.08. The molecule has 1 fully saturated rings. The highest BCUT2D eigenvalue weighted by molar-refractivity contribution is 6.30. The van der Waals surface area contributed by atoms with Crippen LogP contribution in [-0.4, -0.2) is 18.9 Å². The fourth-order valence-corrected chi connectivity index (χ4v) is 2.64. The van der Waals surface area contributed by atoms with Crippen molar-refractivity contribution in [3.05, 3.63) is 81.9 Å². The molecule has 1 aliphatic heterocycles. The van der Waals surface area contributed by atoms with Crippen molar-refractivity contribution in [3.63, 3.8) is 0 Å². The van der Waals surface area contributed by atoms with Gasteiger partial charge < -0.3 is 10.6 Å². The maximum atomic E-state index is 13.1. The molecule has 0 radical (unpaired) electrons. The van der Waals surface area contributed by atoms with Crippen LogP contribution in [-0.2, 0) is 6.42 Å². The van der Waals surface area contributed by atoms with Crippen LogP contribution >= 0.6 is 11.6 Å². The van der Waals surface area contributed by atoms with Crippen LogP contribution in [0.5, 0.6) is 0 Å². The minimum Gasteiger partial charge on any atom is -0.370 e. The first-order valence-corrected chi connectivity index (χ1v) is 7.77. The van der Waals surface area contributed by atoms with Crippen molar-refractivity contribution in [1.29, 1.82) is 0 Å². The molecule has 0 bridgehead atoms. The summed E-state index contributed by atoms with van der Waals surface area (Å²) in [6, 6.07) is 13.0. The van der Waals surface area contributed by atoms with Crippen LogP contribution in [0.2, 0.25) is 5.02 Å². The number of nitrogens with one attached hydrogen (secondary N) is 2. The van der Waals surface area contributed by atoms with Crippen molar-refractivity contribution in [3.8, 4) is 0 Å². The predicted octanol–water partition coefficient (Wildman–Crippen LogP) is 3.31. The summed E-state index contributed by atoms with van der Waals surface area (Å²) >= 11 is 5.88. The molecule has 2 aromatic rings. The number of hydrogen-bond donors (Lipinski definition) is 2. The van der Waals surface area contributed by atoms with E-state index in [0.717, 1.165) is 24.5 Å². The van der Waals surface area contributed by atoms with E-state index in [1.165, 1.54) is 12.1 Å². The Bertz CT molecular complexity index is 731. The monoisotopic (exact) mass is 330 g/mol. The second-order valence-corrected chi connectivity index (χ2v) is 5.78. The highest BCUT2D eigenvalue weighted by Crippen LogP contribution is 2.19. The summed E-state index contributed by atoms with van der Waals surface area (Å²) in [5.41, 5.74) is 2.10. The number of ketones is 1. The minimum absolute atomic E-state index is 0.0668. The number of carbonyl (C=O) groups excluding carboxylic acids is 1. The van der Waals surface area contributed by atoms with E-state index in [1.807, 2.05) is 0 Å². The minimum atomic E-state index is -0.288. The zero-order chi connectivity index (χ0) is 16.2. The van der Waals surface area contributed by atoms with E-state index in [-0.39, 0.29) is 11.6 Å². The van der Waals surface area contributed by atoms with Gasteiger partial charge in [-0.2, -0.15) is 0 Å². The molecule has 0 aromatic heterocycles. The van der Waals surface area contributed by atoms with Crippen LogP contribution in [0.4, 0.5) is 4.39 Å². The van der Waals surface area contributed by atoms with Gasteiger partial charge in [0.25, 0.3) is 0 Å². The summed E-state index contributed by atoms with van der Waals surface area (Å²) in [4.78, 5) is 12.9. The van der Waals surface area contributed by atoms with Gasteiger partial charge in [-0.15, -0.1) is 0 Å². The average molecular weight is 331 g/mol. The fraction of sp³-hybridized carbons (Fsp3) is 0.167. The maximum absolute atomic E-state index is 13.1. The third-order valence-corrected chi connectivity index (χ3v) is 3.96. The first-order chi connectivity index (χ1) is 11.1. The number of hydrogen-bond acceptors (Lipinski definition) is 3. The van der Waals surface area contributed by atoms with Crippen LogP contribution in [0.15, 0.2) is 59.9 Å². The molecule has 23 heavy (non-hydrogen) atoms. The summed E-state index contributed by atoms with van der Waals surface area (Å²) in [5.74, 6) is 0.390. The van der Waals surface area contributed by atoms with Crippen LogP contribution in [0.3, 0.4) is 0 Å². The Balaban J connectivity index is 1.92. The highest BCUT2D eigenvalue weighted by atomic mass is 35.5. The molecule has 3 rings (SSSR count). The number of carbonyl (C=O) groups is 1. The molecular formula is C18H16ClFN2O. The van der Waals surface area contributed by atoms with E-state index >= 15 is 0 Å². The van der Waals surface area contributed by atoms with Crippen LogP contribution in [0.25, 0.3) is 0 Å². The molecule has 2 N–H and O–H groups in total. The molecule has 1 heterocycles. The third kappa shape index (κ3) is 3.71. The van der Waals surface area contributed by atoms with Crippen LogP contribution in [0, 0.1) is 5.82 Å². The topological polar surface area (TPSA) is 41.1 Å². The maximum Gasteiger partial charge on any atom is 0.192 e. The molecule has 118 valence electrons. The Kier molecular flexibility index (Phi) is 4.63. The molecule has 2 aromatic carbocycles. The first-order valence-electron chi connectivity index (χ1n) is 7.39. The summed E-state index contributed by atoms with van der Waals surface area (Å²) < 4.78 is 13.1. The zero-order valence-corrected chi connectivity index (χ0v) is 13.2. The van der Waals surface area contributed by atoms with Crippen LogP contribution < -0.4 is 10.6 Å². The number of allylic oxidation sites excluding steroid dienone is 1. The van der Waals surface area contributed by atoms with Gasteiger partial charge in [0.05, 0.1) is 0 Å². The van der Waals surface area contributed by atoms with Crippen molar-refractivity contribution in [2.75, 3.05) is 13.1 Å². The summed E-state index contributed by atoms with van der Waals surface area (Å²) in [7, 11) is 0. The molecule has 5 heteroatoms.